The van der Waals surface area contributed by atoms with Crippen molar-refractivity contribution in [2.75, 3.05) is 31.5 Å². The number of amides is 1. The van der Waals surface area contributed by atoms with Crippen LogP contribution in [-0.4, -0.2) is 53.0 Å². The number of pyridine rings is 2. The first kappa shape index (κ1) is 17.9. The fourth-order valence-electron chi connectivity index (χ4n) is 4.05. The molecule has 1 atom stereocenters. The van der Waals surface area contributed by atoms with Crippen molar-refractivity contribution in [3.8, 4) is 0 Å². The zero-order valence-corrected chi connectivity index (χ0v) is 15.6. The molecule has 0 saturated carbocycles. The predicted octanol–water partition coefficient (Wildman–Crippen LogP) is 2.35. The van der Waals surface area contributed by atoms with Gasteiger partial charge < -0.3 is 15.5 Å². The minimum Gasteiger partial charge on any atom is -0.366 e. The summed E-state index contributed by atoms with van der Waals surface area (Å²) >= 11 is 0. The molecule has 142 valence electrons. The lowest BCUT2D eigenvalue weighted by molar-refractivity contribution is 0.0952. The van der Waals surface area contributed by atoms with Crippen LogP contribution in [0.5, 0.6) is 0 Å². The number of hydrogen-bond donors (Lipinski definition) is 2. The van der Waals surface area contributed by atoms with Crippen molar-refractivity contribution < 1.29 is 4.79 Å². The summed E-state index contributed by atoms with van der Waals surface area (Å²) in [5.41, 5.74) is 1.66. The monoisotopic (exact) mass is 365 g/mol. The lowest BCUT2D eigenvalue weighted by Gasteiger charge is -2.45. The molecular formula is C21H27N5O. The Bertz CT molecular complexity index is 741. The van der Waals surface area contributed by atoms with Crippen LogP contribution in [0.3, 0.4) is 0 Å². The second-order valence-electron chi connectivity index (χ2n) is 7.50. The Hall–Kier alpha value is -2.47. The Kier molecular flexibility index (Phi) is 5.63. The quantitative estimate of drug-likeness (QED) is 0.737. The third-order valence-corrected chi connectivity index (χ3v) is 5.64. The molecule has 6 nitrogen and oxygen atoms in total. The van der Waals surface area contributed by atoms with Gasteiger partial charge in [0.25, 0.3) is 5.91 Å². The van der Waals surface area contributed by atoms with Crippen molar-refractivity contribution in [2.45, 2.75) is 31.7 Å². The second kappa shape index (κ2) is 8.48. The second-order valence-corrected chi connectivity index (χ2v) is 7.50. The van der Waals surface area contributed by atoms with Gasteiger partial charge >= 0.3 is 0 Å². The molecule has 0 spiro atoms. The van der Waals surface area contributed by atoms with E-state index in [9.17, 15) is 4.79 Å². The van der Waals surface area contributed by atoms with Crippen molar-refractivity contribution in [3.63, 3.8) is 0 Å². The van der Waals surface area contributed by atoms with Gasteiger partial charge in [-0.3, -0.25) is 9.78 Å². The number of rotatable bonds is 7. The van der Waals surface area contributed by atoms with E-state index in [1.807, 2.05) is 30.3 Å². The highest BCUT2D eigenvalue weighted by Gasteiger charge is 2.34. The molecule has 27 heavy (non-hydrogen) atoms. The molecule has 3 aliphatic heterocycles. The molecule has 1 amide bonds. The molecule has 2 bridgehead atoms. The third-order valence-electron chi connectivity index (χ3n) is 5.64. The molecular weight excluding hydrogens is 338 g/mol. The number of hydrogen-bond acceptors (Lipinski definition) is 5. The first-order valence-corrected chi connectivity index (χ1v) is 9.91. The van der Waals surface area contributed by atoms with Crippen molar-refractivity contribution in [1.29, 1.82) is 0 Å². The molecule has 3 aliphatic rings. The van der Waals surface area contributed by atoms with Crippen molar-refractivity contribution in [2.24, 2.45) is 5.92 Å². The van der Waals surface area contributed by atoms with Gasteiger partial charge in [0.2, 0.25) is 0 Å². The van der Waals surface area contributed by atoms with Gasteiger partial charge in [-0.05, 0) is 69.0 Å². The van der Waals surface area contributed by atoms with Crippen LogP contribution in [0, 0.1) is 5.92 Å². The van der Waals surface area contributed by atoms with Gasteiger partial charge in [0.05, 0.1) is 5.56 Å². The molecule has 2 aromatic heterocycles. The zero-order chi connectivity index (χ0) is 18.5. The van der Waals surface area contributed by atoms with E-state index in [4.69, 9.17) is 0 Å². The molecule has 0 radical (unpaired) electrons. The summed E-state index contributed by atoms with van der Waals surface area (Å²) in [5, 5.41) is 6.52. The van der Waals surface area contributed by atoms with Crippen molar-refractivity contribution >= 4 is 11.7 Å². The SMILES string of the molecule is O=C(NCCCc1ccccn1)c1ccc(NC2CN3CCC2CC3)nc1. The number of aromatic nitrogens is 2. The van der Waals surface area contributed by atoms with Gasteiger partial charge in [-0.25, -0.2) is 4.98 Å². The molecule has 2 N–H and O–H groups in total. The van der Waals surface area contributed by atoms with Crippen molar-refractivity contribution in [3.05, 3.63) is 54.0 Å². The molecule has 3 saturated heterocycles. The Labute approximate surface area is 160 Å². The largest absolute Gasteiger partial charge is 0.366 e. The minimum atomic E-state index is -0.0714. The highest BCUT2D eigenvalue weighted by molar-refractivity contribution is 5.94. The topological polar surface area (TPSA) is 70.2 Å². The van der Waals surface area contributed by atoms with Gasteiger partial charge in [0.15, 0.2) is 0 Å². The van der Waals surface area contributed by atoms with E-state index in [1.54, 1.807) is 12.4 Å². The van der Waals surface area contributed by atoms with Gasteiger partial charge in [-0.1, -0.05) is 6.07 Å². The van der Waals surface area contributed by atoms with Gasteiger partial charge in [-0.15, -0.1) is 0 Å². The van der Waals surface area contributed by atoms with Gasteiger partial charge in [-0.2, -0.15) is 0 Å². The summed E-state index contributed by atoms with van der Waals surface area (Å²) in [6.45, 7) is 4.20. The third kappa shape index (κ3) is 4.63. The Morgan fingerprint density at radius 3 is 2.70 bits per heavy atom. The van der Waals surface area contributed by atoms with Crippen LogP contribution in [-0.2, 0) is 6.42 Å². The van der Waals surface area contributed by atoms with Crippen LogP contribution in [0.25, 0.3) is 0 Å². The number of aryl methyl sites for hydroxylation is 1. The average molecular weight is 365 g/mol. The molecule has 6 heteroatoms. The van der Waals surface area contributed by atoms with E-state index in [0.29, 0.717) is 18.2 Å². The van der Waals surface area contributed by atoms with Gasteiger partial charge in [0.1, 0.15) is 5.82 Å². The normalized spacial score (nSPS) is 23.8. The number of carbonyl (C=O) groups excluding carboxylic acids is 1. The van der Waals surface area contributed by atoms with E-state index in [2.05, 4.69) is 25.5 Å². The van der Waals surface area contributed by atoms with Crippen LogP contribution in [0.2, 0.25) is 0 Å². The van der Waals surface area contributed by atoms with E-state index in [0.717, 1.165) is 36.8 Å². The number of carbonyl (C=O) groups is 1. The molecule has 5 heterocycles. The lowest BCUT2D eigenvalue weighted by Crippen LogP contribution is -2.53. The van der Waals surface area contributed by atoms with Crippen LogP contribution < -0.4 is 10.6 Å². The van der Waals surface area contributed by atoms with Crippen LogP contribution in [0.4, 0.5) is 5.82 Å². The van der Waals surface area contributed by atoms with E-state index >= 15 is 0 Å². The van der Waals surface area contributed by atoms with Crippen LogP contribution in [0.1, 0.15) is 35.3 Å². The predicted molar refractivity (Wildman–Crippen MR) is 106 cm³/mol. The number of fused-ring (bicyclic) bond motifs is 3. The van der Waals surface area contributed by atoms with Crippen LogP contribution >= 0.6 is 0 Å². The fourth-order valence-corrected chi connectivity index (χ4v) is 4.05. The average Bonchev–Trinajstić information content (AvgIpc) is 2.73. The maximum absolute atomic E-state index is 12.3. The molecule has 0 aliphatic carbocycles. The number of piperidine rings is 3. The van der Waals surface area contributed by atoms with Gasteiger partial charge in [0, 0.05) is 37.2 Å². The molecule has 2 aromatic rings. The summed E-state index contributed by atoms with van der Waals surface area (Å²) in [4.78, 5) is 23.5. The summed E-state index contributed by atoms with van der Waals surface area (Å²) in [6.07, 6.45) is 7.74. The molecule has 1 unspecified atom stereocenters. The number of nitrogens with one attached hydrogen (secondary N) is 2. The first-order valence-electron chi connectivity index (χ1n) is 9.91. The van der Waals surface area contributed by atoms with E-state index < -0.39 is 0 Å². The fraction of sp³-hybridized carbons (Fsp3) is 0.476. The molecule has 0 aromatic carbocycles. The summed E-state index contributed by atoms with van der Waals surface area (Å²) in [7, 11) is 0. The van der Waals surface area contributed by atoms with E-state index in [-0.39, 0.29) is 5.91 Å². The van der Waals surface area contributed by atoms with Crippen molar-refractivity contribution in [1.82, 2.24) is 20.2 Å². The summed E-state index contributed by atoms with van der Waals surface area (Å²) in [6, 6.07) is 10.1. The minimum absolute atomic E-state index is 0.0714. The number of anilines is 1. The summed E-state index contributed by atoms with van der Waals surface area (Å²) in [5.74, 6) is 1.54. The van der Waals surface area contributed by atoms with E-state index in [1.165, 1.54) is 25.9 Å². The molecule has 3 fully saturated rings. The Morgan fingerprint density at radius 1 is 1.15 bits per heavy atom. The Morgan fingerprint density at radius 2 is 2.04 bits per heavy atom. The standard InChI is InChI=1S/C21H27N5O/c27-21(23-11-3-5-18-4-1-2-10-22-18)17-6-7-20(24-14-17)25-19-15-26-12-8-16(19)9-13-26/h1-2,4,6-7,10,14,16,19H,3,5,8-9,11-13,15H2,(H,23,27)(H,24,25). The highest BCUT2D eigenvalue weighted by Crippen LogP contribution is 2.29. The van der Waals surface area contributed by atoms with Crippen LogP contribution in [0.15, 0.2) is 42.7 Å². The zero-order valence-electron chi connectivity index (χ0n) is 15.6. The maximum atomic E-state index is 12.3. The Balaban J connectivity index is 1.23. The maximum Gasteiger partial charge on any atom is 0.252 e. The first-order chi connectivity index (χ1) is 13.3. The smallest absolute Gasteiger partial charge is 0.252 e. The number of nitrogens with zero attached hydrogens (tertiary/aromatic N) is 3. The lowest BCUT2D eigenvalue weighted by atomic mass is 9.84. The molecule has 5 rings (SSSR count). The highest BCUT2D eigenvalue weighted by atomic mass is 16.1. The summed E-state index contributed by atoms with van der Waals surface area (Å²) < 4.78 is 0.